The maximum Gasteiger partial charge on any atom is 0.251 e. The normalized spacial score (nSPS) is 18.3. The molecular weight excluding hydrogens is 450 g/mol. The molecule has 0 aliphatic heterocycles. The Morgan fingerprint density at radius 1 is 1.18 bits per heavy atom. The summed E-state index contributed by atoms with van der Waals surface area (Å²) in [7, 11) is 6.21. The molecule has 1 aromatic carbocycles. The monoisotopic (exact) mass is 489 g/mol. The average molecular weight is 490 g/mol. The third kappa shape index (κ3) is 5.69. The van der Waals surface area contributed by atoms with E-state index >= 15 is 0 Å². The van der Waals surface area contributed by atoms with Crippen LogP contribution in [0.15, 0.2) is 12.1 Å². The maximum absolute atomic E-state index is 13.3. The summed E-state index contributed by atoms with van der Waals surface area (Å²) in [6.07, 6.45) is 4.66. The summed E-state index contributed by atoms with van der Waals surface area (Å²) in [5.74, 6) is 0.427. The number of amides is 1. The van der Waals surface area contributed by atoms with Crippen molar-refractivity contribution in [2.75, 3.05) is 32.1 Å². The second-order valence-corrected chi connectivity index (χ2v) is 9.85. The van der Waals surface area contributed by atoms with E-state index in [9.17, 15) is 4.79 Å². The smallest absolute Gasteiger partial charge is 0.251 e. The van der Waals surface area contributed by atoms with Gasteiger partial charge in [0.15, 0.2) is 0 Å². The zero-order valence-electron chi connectivity index (χ0n) is 21.7. The molecule has 188 valence electrons. The molecule has 1 aliphatic rings. The van der Waals surface area contributed by atoms with E-state index in [1.54, 1.807) is 10.7 Å². The van der Waals surface area contributed by atoms with Crippen LogP contribution >= 0.6 is 11.6 Å². The number of aryl methyl sites for hydroxylation is 1. The Hall–Kier alpha value is -2.25. The molecule has 1 aromatic heterocycles. The molecular formula is C26H40ClN5O2. The lowest BCUT2D eigenvalue weighted by atomic mass is 9.89. The van der Waals surface area contributed by atoms with Crippen molar-refractivity contribution in [3.05, 3.63) is 39.5 Å². The second-order valence-electron chi connectivity index (χ2n) is 9.42. The molecule has 1 saturated carbocycles. The lowest BCUT2D eigenvalue weighted by Gasteiger charge is -2.40. The standard InChI is InChI=1S/C26H40ClN5O2/c1-8-32(21-12-10-20(11-13-21)30(5)6)24-15-19(27)14-22(17(24)3)25(33)28-16-23-18(4)31(7)29-26(23)34-9-2/h14-15,20-21H,8-13,16H2,1-7H3,(H,28,33). The summed E-state index contributed by atoms with van der Waals surface area (Å²) in [5, 5.41) is 8.06. The van der Waals surface area contributed by atoms with Gasteiger partial charge in [0, 0.05) is 47.6 Å². The maximum atomic E-state index is 13.3. The van der Waals surface area contributed by atoms with Crippen molar-refractivity contribution in [3.63, 3.8) is 0 Å². The minimum absolute atomic E-state index is 0.140. The first-order valence-electron chi connectivity index (χ1n) is 12.3. The largest absolute Gasteiger partial charge is 0.477 e. The fourth-order valence-corrected chi connectivity index (χ4v) is 5.26. The molecule has 0 atom stereocenters. The van der Waals surface area contributed by atoms with E-state index in [1.165, 1.54) is 12.8 Å². The Bertz CT molecular complexity index is 996. The molecule has 8 heteroatoms. The summed E-state index contributed by atoms with van der Waals surface area (Å²) in [4.78, 5) is 18.0. The predicted octanol–water partition coefficient (Wildman–Crippen LogP) is 4.72. The van der Waals surface area contributed by atoms with Crippen molar-refractivity contribution in [1.29, 1.82) is 0 Å². The van der Waals surface area contributed by atoms with E-state index < -0.39 is 0 Å². The van der Waals surface area contributed by atoms with Crippen LogP contribution in [-0.4, -0.2) is 59.9 Å². The molecule has 0 spiro atoms. The van der Waals surface area contributed by atoms with Crippen LogP contribution < -0.4 is 15.0 Å². The Labute approximate surface area is 209 Å². The fourth-order valence-electron chi connectivity index (χ4n) is 5.05. The van der Waals surface area contributed by atoms with Crippen molar-refractivity contribution in [2.24, 2.45) is 7.05 Å². The molecule has 0 bridgehead atoms. The quantitative estimate of drug-likeness (QED) is 0.552. The number of carbonyl (C=O) groups is 1. The van der Waals surface area contributed by atoms with Crippen LogP contribution in [0.2, 0.25) is 5.02 Å². The van der Waals surface area contributed by atoms with Gasteiger partial charge in [-0.25, -0.2) is 0 Å². The van der Waals surface area contributed by atoms with Crippen LogP contribution in [0.3, 0.4) is 0 Å². The number of benzene rings is 1. The van der Waals surface area contributed by atoms with E-state index in [1.807, 2.05) is 33.9 Å². The molecule has 7 nitrogen and oxygen atoms in total. The molecule has 34 heavy (non-hydrogen) atoms. The van der Waals surface area contributed by atoms with Crippen LogP contribution in [0, 0.1) is 13.8 Å². The van der Waals surface area contributed by atoms with Crippen molar-refractivity contribution in [2.45, 2.75) is 72.0 Å². The number of anilines is 1. The molecule has 0 saturated heterocycles. The van der Waals surface area contributed by atoms with Gasteiger partial charge in [0.1, 0.15) is 0 Å². The number of hydrogen-bond donors (Lipinski definition) is 1. The highest BCUT2D eigenvalue weighted by Crippen LogP contribution is 2.34. The van der Waals surface area contributed by atoms with Crippen molar-refractivity contribution in [3.8, 4) is 5.88 Å². The highest BCUT2D eigenvalue weighted by Gasteiger charge is 2.28. The van der Waals surface area contributed by atoms with Gasteiger partial charge < -0.3 is 19.9 Å². The number of hydrogen-bond acceptors (Lipinski definition) is 5. The van der Waals surface area contributed by atoms with Crippen molar-refractivity contribution < 1.29 is 9.53 Å². The molecule has 1 aliphatic carbocycles. The molecule has 2 aromatic rings. The third-order valence-corrected chi connectivity index (χ3v) is 7.42. The van der Waals surface area contributed by atoms with E-state index in [0.29, 0.717) is 41.7 Å². The first-order valence-corrected chi connectivity index (χ1v) is 12.7. The second kappa shape index (κ2) is 11.5. The number of nitrogens with zero attached hydrogens (tertiary/aromatic N) is 4. The molecule has 0 radical (unpaired) electrons. The fraction of sp³-hybridized carbons (Fsp3) is 0.615. The van der Waals surface area contributed by atoms with Crippen molar-refractivity contribution >= 4 is 23.2 Å². The lowest BCUT2D eigenvalue weighted by Crippen LogP contribution is -2.42. The van der Waals surface area contributed by atoms with Gasteiger partial charge in [-0.3, -0.25) is 9.48 Å². The van der Waals surface area contributed by atoms with E-state index in [0.717, 1.165) is 41.9 Å². The minimum Gasteiger partial charge on any atom is -0.477 e. The molecule has 1 amide bonds. The van der Waals surface area contributed by atoms with Crippen LogP contribution in [0.5, 0.6) is 5.88 Å². The first-order chi connectivity index (χ1) is 16.2. The molecule has 1 N–H and O–H groups in total. The zero-order chi connectivity index (χ0) is 25.0. The summed E-state index contributed by atoms with van der Waals surface area (Å²) in [6, 6.07) is 4.88. The number of halogens is 1. The first kappa shape index (κ1) is 26.4. The average Bonchev–Trinajstić information content (AvgIpc) is 3.07. The highest BCUT2D eigenvalue weighted by molar-refractivity contribution is 6.31. The van der Waals surface area contributed by atoms with Crippen molar-refractivity contribution in [1.82, 2.24) is 20.0 Å². The van der Waals surface area contributed by atoms with Crippen LogP contribution in [0.25, 0.3) is 0 Å². The van der Waals surface area contributed by atoms with Gasteiger partial charge in [0.25, 0.3) is 5.91 Å². The van der Waals surface area contributed by atoms with Gasteiger partial charge in [-0.15, -0.1) is 5.10 Å². The molecule has 0 unspecified atom stereocenters. The van der Waals surface area contributed by atoms with Gasteiger partial charge in [0.05, 0.1) is 18.7 Å². The Kier molecular flexibility index (Phi) is 8.88. The number of ether oxygens (including phenoxy) is 1. The van der Waals surface area contributed by atoms with Gasteiger partial charge in [-0.2, -0.15) is 0 Å². The summed E-state index contributed by atoms with van der Waals surface area (Å²) in [5.41, 5.74) is 4.50. The van der Waals surface area contributed by atoms with Gasteiger partial charge >= 0.3 is 0 Å². The number of rotatable bonds is 9. The number of nitrogens with one attached hydrogen (secondary N) is 1. The third-order valence-electron chi connectivity index (χ3n) is 7.20. The topological polar surface area (TPSA) is 62.6 Å². The summed E-state index contributed by atoms with van der Waals surface area (Å²) >= 11 is 6.54. The minimum atomic E-state index is -0.140. The van der Waals surface area contributed by atoms with Crippen LogP contribution in [0.4, 0.5) is 5.69 Å². The van der Waals surface area contributed by atoms with Crippen LogP contribution in [-0.2, 0) is 13.6 Å². The highest BCUT2D eigenvalue weighted by atomic mass is 35.5. The van der Waals surface area contributed by atoms with Gasteiger partial charge in [-0.05, 0) is 85.2 Å². The number of carbonyl (C=O) groups excluding carboxylic acids is 1. The Balaban J connectivity index is 1.80. The zero-order valence-corrected chi connectivity index (χ0v) is 22.5. The molecule has 3 rings (SSSR count). The number of aromatic nitrogens is 2. The predicted molar refractivity (Wildman–Crippen MR) is 139 cm³/mol. The summed E-state index contributed by atoms with van der Waals surface area (Å²) < 4.78 is 7.44. The van der Waals surface area contributed by atoms with E-state index in [-0.39, 0.29) is 5.91 Å². The SMILES string of the molecule is CCOc1nn(C)c(C)c1CNC(=O)c1cc(Cl)cc(N(CC)C2CCC(N(C)C)CC2)c1C. The van der Waals surface area contributed by atoms with E-state index in [2.05, 4.69) is 41.2 Å². The lowest BCUT2D eigenvalue weighted by molar-refractivity contribution is 0.0950. The van der Waals surface area contributed by atoms with Crippen LogP contribution in [0.1, 0.15) is 66.7 Å². The molecule has 1 heterocycles. The van der Waals surface area contributed by atoms with Gasteiger partial charge in [0.2, 0.25) is 5.88 Å². The Morgan fingerprint density at radius 3 is 2.41 bits per heavy atom. The Morgan fingerprint density at radius 2 is 1.82 bits per heavy atom. The summed E-state index contributed by atoms with van der Waals surface area (Å²) in [6.45, 7) is 9.86. The van der Waals surface area contributed by atoms with E-state index in [4.69, 9.17) is 16.3 Å². The van der Waals surface area contributed by atoms with Gasteiger partial charge in [-0.1, -0.05) is 11.6 Å². The molecule has 1 fully saturated rings.